The molecule has 0 saturated carbocycles. The van der Waals surface area contributed by atoms with E-state index in [9.17, 15) is 4.79 Å². The second kappa shape index (κ2) is 5.51. The number of aryl methyl sites for hydroxylation is 1. The normalized spacial score (nSPS) is 10.9. The number of carboxylic acid groups (broad SMARTS) is 1. The van der Waals surface area contributed by atoms with Gasteiger partial charge in [0.05, 0.1) is 10.7 Å². The molecule has 1 rings (SSSR count). The van der Waals surface area contributed by atoms with E-state index in [1.54, 1.807) is 17.4 Å². The quantitative estimate of drug-likeness (QED) is 0.568. The van der Waals surface area contributed by atoms with Gasteiger partial charge >= 0.3 is 5.97 Å². The second-order valence-electron chi connectivity index (χ2n) is 2.73. The van der Waals surface area contributed by atoms with Crippen molar-refractivity contribution >= 4 is 17.3 Å². The molecule has 0 saturated heterocycles. The number of thiazole rings is 1. The molecule has 1 aromatic heterocycles. The third kappa shape index (κ3) is 4.15. The first kappa shape index (κ1) is 10.9. The highest BCUT2D eigenvalue weighted by atomic mass is 32.1. The number of carbonyl (C=O) groups is 1. The summed E-state index contributed by atoms with van der Waals surface area (Å²) in [5.74, 6) is -0.920. The van der Waals surface area contributed by atoms with Crippen molar-refractivity contribution in [3.63, 3.8) is 0 Å². The van der Waals surface area contributed by atoms with Crippen LogP contribution in [-0.2, 0) is 11.3 Å². The Morgan fingerprint density at radius 1 is 1.79 bits per heavy atom. The summed E-state index contributed by atoms with van der Waals surface area (Å²) < 4.78 is 0. The lowest BCUT2D eigenvalue weighted by atomic mass is 10.4. The third-order valence-electron chi connectivity index (χ3n) is 1.50. The van der Waals surface area contributed by atoms with Crippen LogP contribution < -0.4 is 5.32 Å². The maximum absolute atomic E-state index is 10.1. The summed E-state index contributed by atoms with van der Waals surface area (Å²) in [6.45, 7) is 3.18. The van der Waals surface area contributed by atoms with Gasteiger partial charge in [-0.25, -0.2) is 9.78 Å². The first-order valence-electron chi connectivity index (χ1n) is 4.19. The molecule has 0 aromatic carbocycles. The zero-order valence-corrected chi connectivity index (χ0v) is 8.67. The Balaban J connectivity index is 2.19. The van der Waals surface area contributed by atoms with E-state index in [0.717, 1.165) is 16.8 Å². The third-order valence-corrected chi connectivity index (χ3v) is 2.32. The standard InChI is InChI=1S/C9H12N2O2S/c1-7-11-8(6-14-7)5-10-4-2-3-9(12)13/h2-3,6,10H,4-5H2,1H3,(H,12,13)/b3-2+. The van der Waals surface area contributed by atoms with Crippen molar-refractivity contribution in [3.05, 3.63) is 28.2 Å². The summed E-state index contributed by atoms with van der Waals surface area (Å²) in [6, 6.07) is 0. The summed E-state index contributed by atoms with van der Waals surface area (Å²) in [7, 11) is 0. The lowest BCUT2D eigenvalue weighted by molar-refractivity contribution is -0.131. The van der Waals surface area contributed by atoms with Crippen molar-refractivity contribution in [2.75, 3.05) is 6.54 Å². The largest absolute Gasteiger partial charge is 0.478 e. The minimum absolute atomic E-state index is 0.545. The summed E-state index contributed by atoms with van der Waals surface area (Å²) in [6.07, 6.45) is 2.70. The Labute approximate surface area is 86.3 Å². The second-order valence-corrected chi connectivity index (χ2v) is 3.79. The van der Waals surface area contributed by atoms with E-state index >= 15 is 0 Å². The summed E-state index contributed by atoms with van der Waals surface area (Å²) in [4.78, 5) is 14.4. The van der Waals surface area contributed by atoms with Gasteiger partial charge in [0.2, 0.25) is 0 Å². The van der Waals surface area contributed by atoms with Crippen molar-refractivity contribution in [1.29, 1.82) is 0 Å². The fourth-order valence-electron chi connectivity index (χ4n) is 0.933. The molecule has 0 fully saturated rings. The highest BCUT2D eigenvalue weighted by Crippen LogP contribution is 2.06. The van der Waals surface area contributed by atoms with Crippen LogP contribution in [0.4, 0.5) is 0 Å². The van der Waals surface area contributed by atoms with E-state index in [2.05, 4.69) is 10.3 Å². The predicted octanol–water partition coefficient (Wildman–Crippen LogP) is 1.18. The fourth-order valence-corrected chi connectivity index (χ4v) is 1.55. The molecule has 4 nitrogen and oxygen atoms in total. The smallest absolute Gasteiger partial charge is 0.328 e. The Hall–Kier alpha value is -1.20. The average molecular weight is 212 g/mol. The maximum atomic E-state index is 10.1. The lowest BCUT2D eigenvalue weighted by Gasteiger charge is -1.96. The SMILES string of the molecule is Cc1nc(CNC/C=C/C(=O)O)cs1. The maximum Gasteiger partial charge on any atom is 0.328 e. The van der Waals surface area contributed by atoms with Gasteiger partial charge in [0.25, 0.3) is 0 Å². The van der Waals surface area contributed by atoms with Gasteiger partial charge in [0.15, 0.2) is 0 Å². The monoisotopic (exact) mass is 212 g/mol. The molecule has 0 spiro atoms. The summed E-state index contributed by atoms with van der Waals surface area (Å²) in [5, 5.41) is 14.4. The molecule has 0 amide bonds. The minimum atomic E-state index is -0.920. The summed E-state index contributed by atoms with van der Waals surface area (Å²) >= 11 is 1.61. The van der Waals surface area contributed by atoms with E-state index < -0.39 is 5.97 Å². The van der Waals surface area contributed by atoms with Gasteiger partial charge < -0.3 is 10.4 Å². The Bertz CT molecular complexity index is 333. The molecular weight excluding hydrogens is 200 g/mol. The number of hydrogen-bond acceptors (Lipinski definition) is 4. The van der Waals surface area contributed by atoms with E-state index in [1.807, 2.05) is 12.3 Å². The van der Waals surface area contributed by atoms with Gasteiger partial charge in [-0.15, -0.1) is 11.3 Å². The first-order chi connectivity index (χ1) is 6.68. The molecule has 5 heteroatoms. The topological polar surface area (TPSA) is 62.2 Å². The number of aromatic nitrogens is 1. The van der Waals surface area contributed by atoms with E-state index in [1.165, 1.54) is 0 Å². The molecule has 1 aromatic rings. The van der Waals surface area contributed by atoms with Crippen molar-refractivity contribution in [2.45, 2.75) is 13.5 Å². The van der Waals surface area contributed by atoms with E-state index in [0.29, 0.717) is 13.1 Å². The molecule has 0 atom stereocenters. The van der Waals surface area contributed by atoms with E-state index in [4.69, 9.17) is 5.11 Å². The van der Waals surface area contributed by atoms with Crippen LogP contribution in [0, 0.1) is 6.92 Å². The zero-order chi connectivity index (χ0) is 10.4. The Kier molecular flexibility index (Phi) is 4.28. The first-order valence-corrected chi connectivity index (χ1v) is 5.07. The molecule has 0 aliphatic rings. The minimum Gasteiger partial charge on any atom is -0.478 e. The molecular formula is C9H12N2O2S. The Morgan fingerprint density at radius 2 is 2.57 bits per heavy atom. The fraction of sp³-hybridized carbons (Fsp3) is 0.333. The van der Waals surface area contributed by atoms with Gasteiger partial charge in [-0.2, -0.15) is 0 Å². The van der Waals surface area contributed by atoms with Crippen LogP contribution in [0.1, 0.15) is 10.7 Å². The van der Waals surface area contributed by atoms with E-state index in [-0.39, 0.29) is 0 Å². The number of hydrogen-bond donors (Lipinski definition) is 2. The molecule has 76 valence electrons. The van der Waals surface area contributed by atoms with Crippen LogP contribution in [0.2, 0.25) is 0 Å². The van der Waals surface area contributed by atoms with Crippen molar-refractivity contribution in [3.8, 4) is 0 Å². The highest BCUT2D eigenvalue weighted by molar-refractivity contribution is 7.09. The summed E-state index contributed by atoms with van der Waals surface area (Å²) in [5.41, 5.74) is 0.997. The molecule has 0 radical (unpaired) electrons. The zero-order valence-electron chi connectivity index (χ0n) is 7.86. The van der Waals surface area contributed by atoms with Gasteiger partial charge in [0.1, 0.15) is 0 Å². The molecule has 0 aliphatic heterocycles. The number of aliphatic carboxylic acids is 1. The molecule has 1 heterocycles. The molecule has 0 unspecified atom stereocenters. The Morgan fingerprint density at radius 3 is 3.14 bits per heavy atom. The van der Waals surface area contributed by atoms with Crippen molar-refractivity contribution in [1.82, 2.24) is 10.3 Å². The van der Waals surface area contributed by atoms with Gasteiger partial charge in [0, 0.05) is 24.5 Å². The average Bonchev–Trinajstić information content (AvgIpc) is 2.50. The van der Waals surface area contributed by atoms with Gasteiger partial charge in [-0.3, -0.25) is 0 Å². The van der Waals surface area contributed by atoms with Crippen LogP contribution in [0.15, 0.2) is 17.5 Å². The number of carboxylic acids is 1. The van der Waals surface area contributed by atoms with Crippen molar-refractivity contribution < 1.29 is 9.90 Å². The van der Waals surface area contributed by atoms with Crippen LogP contribution >= 0.6 is 11.3 Å². The predicted molar refractivity (Wildman–Crippen MR) is 55.3 cm³/mol. The van der Waals surface area contributed by atoms with Crippen LogP contribution in [0.3, 0.4) is 0 Å². The molecule has 2 N–H and O–H groups in total. The van der Waals surface area contributed by atoms with Crippen molar-refractivity contribution in [2.24, 2.45) is 0 Å². The van der Waals surface area contributed by atoms with Crippen LogP contribution in [0.25, 0.3) is 0 Å². The van der Waals surface area contributed by atoms with Gasteiger partial charge in [-0.1, -0.05) is 6.08 Å². The van der Waals surface area contributed by atoms with Crippen LogP contribution in [0.5, 0.6) is 0 Å². The highest BCUT2D eigenvalue weighted by Gasteiger charge is 1.95. The van der Waals surface area contributed by atoms with Gasteiger partial charge in [-0.05, 0) is 6.92 Å². The van der Waals surface area contributed by atoms with Crippen LogP contribution in [-0.4, -0.2) is 22.6 Å². The number of rotatable bonds is 5. The number of nitrogens with one attached hydrogen (secondary N) is 1. The molecule has 0 bridgehead atoms. The number of nitrogens with zero attached hydrogens (tertiary/aromatic N) is 1. The molecule has 14 heavy (non-hydrogen) atoms. The lowest BCUT2D eigenvalue weighted by Crippen LogP contribution is -2.13. The molecule has 0 aliphatic carbocycles.